The summed E-state index contributed by atoms with van der Waals surface area (Å²) in [5, 5.41) is 13.2. The van der Waals surface area contributed by atoms with Crippen molar-refractivity contribution >= 4 is 17.8 Å². The number of anilines is 1. The highest BCUT2D eigenvalue weighted by Gasteiger charge is 2.49. The molecule has 8 heteroatoms. The lowest BCUT2D eigenvalue weighted by Crippen LogP contribution is -2.58. The Hall–Kier alpha value is -3.75. The Labute approximate surface area is 248 Å². The third kappa shape index (κ3) is 6.50. The molecule has 0 unspecified atom stereocenters. The van der Waals surface area contributed by atoms with E-state index in [1.54, 1.807) is 4.90 Å². The van der Waals surface area contributed by atoms with Gasteiger partial charge in [0.05, 0.1) is 12.7 Å². The van der Waals surface area contributed by atoms with Crippen molar-refractivity contribution < 1.29 is 19.4 Å². The van der Waals surface area contributed by atoms with E-state index in [-0.39, 0.29) is 24.0 Å². The number of rotatable bonds is 8. The van der Waals surface area contributed by atoms with Gasteiger partial charge in [0.2, 0.25) is 5.91 Å². The fourth-order valence-electron chi connectivity index (χ4n) is 6.87. The summed E-state index contributed by atoms with van der Waals surface area (Å²) in [6, 6.07) is 20.4. The molecule has 2 amide bonds. The lowest BCUT2D eigenvalue weighted by atomic mass is 9.63. The van der Waals surface area contributed by atoms with Crippen LogP contribution >= 0.6 is 0 Å². The zero-order chi connectivity index (χ0) is 29.9. The van der Waals surface area contributed by atoms with Gasteiger partial charge in [-0.3, -0.25) is 4.79 Å². The summed E-state index contributed by atoms with van der Waals surface area (Å²) < 4.78 is 4.93. The third-order valence-corrected chi connectivity index (χ3v) is 8.90. The molecular formula is C34H42N4O4. The van der Waals surface area contributed by atoms with Gasteiger partial charge in [0.15, 0.2) is 0 Å². The zero-order valence-electron chi connectivity index (χ0n) is 24.8. The van der Waals surface area contributed by atoms with Gasteiger partial charge in [-0.25, -0.2) is 9.78 Å². The summed E-state index contributed by atoms with van der Waals surface area (Å²) >= 11 is 0. The second kappa shape index (κ2) is 12.2. The van der Waals surface area contributed by atoms with Crippen molar-refractivity contribution in [2.24, 2.45) is 11.7 Å². The second-order valence-corrected chi connectivity index (χ2v) is 12.2. The minimum Gasteiger partial charge on any atom is -0.453 e. The molecule has 2 aliphatic rings. The number of hydrogen-bond donors (Lipinski definition) is 3. The van der Waals surface area contributed by atoms with Crippen molar-refractivity contribution in [3.05, 3.63) is 72.4 Å². The lowest BCUT2D eigenvalue weighted by molar-refractivity contribution is -0.117. The van der Waals surface area contributed by atoms with Crippen LogP contribution in [0.1, 0.15) is 64.4 Å². The highest BCUT2D eigenvalue weighted by Crippen LogP contribution is 2.46. The zero-order valence-corrected chi connectivity index (χ0v) is 24.8. The predicted octanol–water partition coefficient (Wildman–Crippen LogP) is 6.09. The largest absolute Gasteiger partial charge is 0.453 e. The van der Waals surface area contributed by atoms with E-state index in [9.17, 15) is 14.7 Å². The van der Waals surface area contributed by atoms with E-state index in [2.05, 4.69) is 34.6 Å². The van der Waals surface area contributed by atoms with Crippen molar-refractivity contribution in [1.29, 1.82) is 0 Å². The molecule has 0 aliphatic heterocycles. The Balaban J connectivity index is 1.28. The Morgan fingerprint density at radius 2 is 1.67 bits per heavy atom. The number of hydrogen-bond acceptors (Lipinski definition) is 6. The third-order valence-electron chi connectivity index (χ3n) is 8.90. The first-order valence-corrected chi connectivity index (χ1v) is 14.9. The molecule has 1 aromatic heterocycles. The van der Waals surface area contributed by atoms with Gasteiger partial charge in [-0.2, -0.15) is 0 Å². The normalized spacial score (nSPS) is 25.3. The number of carbonyl (C=O) groups excluding carboxylic acids is 2. The van der Waals surface area contributed by atoms with Crippen LogP contribution in [0.2, 0.25) is 0 Å². The van der Waals surface area contributed by atoms with Crippen LogP contribution in [0.15, 0.2) is 66.9 Å². The van der Waals surface area contributed by atoms with Gasteiger partial charge in [0, 0.05) is 36.3 Å². The summed E-state index contributed by atoms with van der Waals surface area (Å²) in [7, 11) is 1.42. The van der Waals surface area contributed by atoms with Crippen LogP contribution in [0.3, 0.4) is 0 Å². The smallest absolute Gasteiger partial charge is 0.409 e. The average Bonchev–Trinajstić information content (AvgIpc) is 2.97. The van der Waals surface area contributed by atoms with E-state index in [4.69, 9.17) is 10.5 Å². The molecule has 0 saturated heterocycles. The predicted molar refractivity (Wildman–Crippen MR) is 165 cm³/mol. The molecule has 222 valence electrons. The average molecular weight is 571 g/mol. The summed E-state index contributed by atoms with van der Waals surface area (Å²) in [5.41, 5.74) is 10.3. The van der Waals surface area contributed by atoms with E-state index in [0.29, 0.717) is 31.6 Å². The second-order valence-electron chi connectivity index (χ2n) is 12.2. The maximum atomic E-state index is 13.1. The van der Waals surface area contributed by atoms with E-state index in [1.165, 1.54) is 7.11 Å². The Kier molecular flexibility index (Phi) is 8.66. The van der Waals surface area contributed by atoms with Crippen LogP contribution in [0.5, 0.6) is 0 Å². The molecule has 0 atom stereocenters. The van der Waals surface area contributed by atoms with Crippen LogP contribution in [-0.2, 0) is 15.1 Å². The van der Waals surface area contributed by atoms with Crippen molar-refractivity contribution in [2.75, 3.05) is 19.0 Å². The molecule has 3 aromatic rings. The molecule has 2 fully saturated rings. The first kappa shape index (κ1) is 29.7. The monoisotopic (exact) mass is 570 g/mol. The number of ether oxygens (including phenoxy) is 1. The van der Waals surface area contributed by atoms with Gasteiger partial charge in [-0.1, -0.05) is 54.6 Å². The number of amides is 2. The Morgan fingerprint density at radius 3 is 2.26 bits per heavy atom. The molecule has 2 aromatic carbocycles. The first-order chi connectivity index (χ1) is 20.1. The Morgan fingerprint density at radius 1 is 1.02 bits per heavy atom. The van der Waals surface area contributed by atoms with Gasteiger partial charge in [0.25, 0.3) is 0 Å². The van der Waals surface area contributed by atoms with Crippen molar-refractivity contribution in [1.82, 2.24) is 9.88 Å². The topological polar surface area (TPSA) is 118 Å². The molecule has 2 aliphatic carbocycles. The number of nitrogens with one attached hydrogen (secondary N) is 1. The van der Waals surface area contributed by atoms with E-state index in [1.807, 2.05) is 56.4 Å². The van der Waals surface area contributed by atoms with Gasteiger partial charge >= 0.3 is 6.09 Å². The lowest BCUT2D eigenvalue weighted by Gasteiger charge is -2.49. The number of benzene rings is 2. The van der Waals surface area contributed by atoms with Crippen LogP contribution in [0, 0.1) is 5.92 Å². The number of pyridine rings is 1. The highest BCUT2D eigenvalue weighted by atomic mass is 16.5. The molecule has 4 N–H and O–H groups in total. The van der Waals surface area contributed by atoms with Crippen LogP contribution in [0.4, 0.5) is 10.6 Å². The quantitative estimate of drug-likeness (QED) is 0.302. The fraction of sp³-hybridized carbons (Fsp3) is 0.441. The first-order valence-electron chi connectivity index (χ1n) is 14.9. The molecule has 8 nitrogen and oxygen atoms in total. The van der Waals surface area contributed by atoms with Crippen LogP contribution < -0.4 is 11.1 Å². The van der Waals surface area contributed by atoms with E-state index in [0.717, 1.165) is 53.5 Å². The number of nitrogens with zero attached hydrogens (tertiary/aromatic N) is 2. The molecular weight excluding hydrogens is 528 g/mol. The minimum atomic E-state index is -0.710. The maximum Gasteiger partial charge on any atom is 0.409 e. The maximum absolute atomic E-state index is 13.1. The van der Waals surface area contributed by atoms with Crippen molar-refractivity contribution in [2.45, 2.75) is 76.0 Å². The molecule has 1 heterocycles. The van der Waals surface area contributed by atoms with Gasteiger partial charge in [0.1, 0.15) is 5.82 Å². The van der Waals surface area contributed by atoms with Crippen molar-refractivity contribution in [3.8, 4) is 22.3 Å². The molecule has 0 spiro atoms. The number of aliphatic hydroxyl groups is 1. The van der Waals surface area contributed by atoms with Gasteiger partial charge in [-0.05, 0) is 86.6 Å². The van der Waals surface area contributed by atoms with Gasteiger partial charge < -0.3 is 25.8 Å². The van der Waals surface area contributed by atoms with Crippen LogP contribution in [-0.4, -0.2) is 52.3 Å². The summed E-state index contributed by atoms with van der Waals surface area (Å²) in [6.07, 6.45) is 6.56. The minimum absolute atomic E-state index is 0.0491. The van der Waals surface area contributed by atoms with Gasteiger partial charge in [-0.15, -0.1) is 0 Å². The number of nitrogens with two attached hydrogens (primary N) is 1. The number of carbonyl (C=O) groups is 2. The molecule has 0 bridgehead atoms. The van der Waals surface area contributed by atoms with E-state index < -0.39 is 11.1 Å². The Bertz CT molecular complexity index is 1390. The molecule has 5 rings (SSSR count). The SMILES string of the molecule is CCN(C(=O)OC)[C@H]1CC[C@H](CC(=O)Nc2cc(-c3ccccc3)c(-c3ccc([C@]4(N)C[C@](C)(O)C4)cc3)cn2)CC1. The van der Waals surface area contributed by atoms with E-state index >= 15 is 0 Å². The number of aromatic nitrogens is 1. The number of methoxy groups -OCH3 is 1. The molecule has 42 heavy (non-hydrogen) atoms. The molecule has 2 saturated carbocycles. The summed E-state index contributed by atoms with van der Waals surface area (Å²) in [6.45, 7) is 4.40. The summed E-state index contributed by atoms with van der Waals surface area (Å²) in [4.78, 5) is 31.5. The van der Waals surface area contributed by atoms with Crippen LogP contribution in [0.25, 0.3) is 22.3 Å². The fourth-order valence-corrected chi connectivity index (χ4v) is 6.87. The standard InChI is InChI=1S/C34H42N4O4/c1-4-38(32(40)42-3)27-16-10-23(11-17-27)18-31(39)37-30-19-28(24-8-6-5-7-9-24)29(20-36-30)25-12-14-26(15-13-25)34(35)21-33(2,41)22-34/h5-9,12-15,19-20,23,27,41H,4,10-11,16-18,21-22,35H2,1-3H3,(H,36,37,39)/t23-,27-,33-,34-. The highest BCUT2D eigenvalue weighted by molar-refractivity contribution is 5.92. The summed E-state index contributed by atoms with van der Waals surface area (Å²) in [5.74, 6) is 0.745. The molecule has 0 radical (unpaired) electrons. The van der Waals surface area contributed by atoms with Crippen molar-refractivity contribution in [3.63, 3.8) is 0 Å².